The smallest absolute Gasteiger partial charge is 0.159 e. The zero-order valence-corrected chi connectivity index (χ0v) is 12.8. The molecule has 0 spiro atoms. The van der Waals surface area contributed by atoms with Crippen LogP contribution in [0.5, 0.6) is 5.75 Å². The number of aryl methyl sites for hydroxylation is 1. The van der Waals surface area contributed by atoms with Gasteiger partial charge in [-0.25, -0.2) is 0 Å². The molecule has 1 fully saturated rings. The van der Waals surface area contributed by atoms with Gasteiger partial charge in [0.2, 0.25) is 0 Å². The van der Waals surface area contributed by atoms with E-state index in [2.05, 4.69) is 18.2 Å². The lowest BCUT2D eigenvalue weighted by Crippen LogP contribution is -2.31. The summed E-state index contributed by atoms with van der Waals surface area (Å²) in [5.74, 6) is 3.22. The topological polar surface area (TPSA) is 26.3 Å². The van der Waals surface area contributed by atoms with E-state index < -0.39 is 0 Å². The molecule has 3 atom stereocenters. The monoisotopic (exact) mass is 282 g/mol. The third-order valence-corrected chi connectivity index (χ3v) is 6.01. The molecule has 0 saturated heterocycles. The van der Waals surface area contributed by atoms with Gasteiger partial charge in [0.15, 0.2) is 5.78 Å². The Morgan fingerprint density at radius 3 is 2.81 bits per heavy atom. The summed E-state index contributed by atoms with van der Waals surface area (Å²) in [6.07, 6.45) is 5.45. The average Bonchev–Trinajstić information content (AvgIpc) is 2.81. The number of carbonyl (C=O) groups excluding carboxylic acids is 1. The summed E-state index contributed by atoms with van der Waals surface area (Å²) >= 11 is 0. The number of carbonyl (C=O) groups is 1. The van der Waals surface area contributed by atoms with Crippen molar-refractivity contribution in [3.8, 4) is 5.75 Å². The Bertz CT molecular complexity index is 641. The van der Waals surface area contributed by atoms with E-state index in [0.717, 1.165) is 30.6 Å². The van der Waals surface area contributed by atoms with Crippen LogP contribution < -0.4 is 4.74 Å². The maximum atomic E-state index is 12.1. The highest BCUT2D eigenvalue weighted by Gasteiger charge is 2.44. The molecule has 2 nitrogen and oxygen atoms in total. The van der Waals surface area contributed by atoms with Crippen LogP contribution in [-0.2, 0) is 11.2 Å². The Kier molecular flexibility index (Phi) is 2.95. The molecule has 1 aromatic rings. The van der Waals surface area contributed by atoms with Gasteiger partial charge in [0.05, 0.1) is 7.11 Å². The van der Waals surface area contributed by atoms with Crippen LogP contribution in [-0.4, -0.2) is 12.9 Å². The van der Waals surface area contributed by atoms with Gasteiger partial charge in [-0.1, -0.05) is 11.6 Å². The molecule has 0 bridgehead atoms. The standard InChI is InChI=1S/C19H22O2/c1-11-14-7-8-16-15-6-4-13(21-2)9-12(15)3-5-17(16)18(14)10-19(11)20/h4,6,9,16-18H,3,5,7-8,10H2,1-2H3/t16-,17-,18-/m0/s1. The average molecular weight is 282 g/mol. The fourth-order valence-corrected chi connectivity index (χ4v) is 4.92. The minimum Gasteiger partial charge on any atom is -0.497 e. The van der Waals surface area contributed by atoms with Gasteiger partial charge in [-0.15, -0.1) is 0 Å². The van der Waals surface area contributed by atoms with Crippen LogP contribution in [0.3, 0.4) is 0 Å². The molecule has 1 aromatic carbocycles. The normalized spacial score (nSPS) is 30.8. The molecule has 0 amide bonds. The summed E-state index contributed by atoms with van der Waals surface area (Å²) in [5.41, 5.74) is 5.55. The van der Waals surface area contributed by atoms with Crippen molar-refractivity contribution >= 4 is 5.78 Å². The Morgan fingerprint density at radius 1 is 1.14 bits per heavy atom. The van der Waals surface area contributed by atoms with Crippen LogP contribution in [0.1, 0.15) is 49.7 Å². The summed E-state index contributed by atoms with van der Waals surface area (Å²) in [6, 6.07) is 6.57. The Morgan fingerprint density at radius 2 is 2.00 bits per heavy atom. The summed E-state index contributed by atoms with van der Waals surface area (Å²) in [4.78, 5) is 12.1. The van der Waals surface area contributed by atoms with E-state index in [1.54, 1.807) is 7.11 Å². The van der Waals surface area contributed by atoms with Crippen LogP contribution in [0.2, 0.25) is 0 Å². The fourth-order valence-electron chi connectivity index (χ4n) is 4.92. The molecule has 0 aliphatic heterocycles. The molecule has 0 unspecified atom stereocenters. The van der Waals surface area contributed by atoms with Crippen LogP contribution in [0, 0.1) is 11.8 Å². The number of rotatable bonds is 1. The summed E-state index contributed by atoms with van der Waals surface area (Å²) in [6.45, 7) is 2.04. The molecule has 0 aromatic heterocycles. The number of Topliss-reactive ketones (excluding diaryl/α,β-unsaturated/α-hetero) is 1. The molecular formula is C19H22O2. The first-order valence-corrected chi connectivity index (χ1v) is 8.08. The van der Waals surface area contributed by atoms with Gasteiger partial charge in [0.25, 0.3) is 0 Å². The number of ketones is 1. The molecule has 21 heavy (non-hydrogen) atoms. The Labute approximate surface area is 126 Å². The first kappa shape index (κ1) is 13.1. The molecule has 0 heterocycles. The van der Waals surface area contributed by atoms with Crippen molar-refractivity contribution in [2.45, 2.75) is 44.9 Å². The second-order valence-electron chi connectivity index (χ2n) is 6.80. The maximum absolute atomic E-state index is 12.1. The number of ether oxygens (including phenoxy) is 1. The molecule has 4 rings (SSSR count). The number of methoxy groups -OCH3 is 1. The van der Waals surface area contributed by atoms with E-state index in [9.17, 15) is 4.79 Å². The third kappa shape index (κ3) is 1.88. The molecule has 0 N–H and O–H groups in total. The minimum atomic E-state index is 0.399. The van der Waals surface area contributed by atoms with Gasteiger partial charge in [0, 0.05) is 6.42 Å². The van der Waals surface area contributed by atoms with E-state index in [4.69, 9.17) is 4.74 Å². The highest BCUT2D eigenvalue weighted by atomic mass is 16.5. The molecule has 2 heteroatoms. The molecular weight excluding hydrogens is 260 g/mol. The number of hydrogen-bond donors (Lipinski definition) is 0. The first-order valence-electron chi connectivity index (χ1n) is 8.08. The molecule has 3 aliphatic carbocycles. The van der Waals surface area contributed by atoms with Crippen molar-refractivity contribution in [1.82, 2.24) is 0 Å². The lowest BCUT2D eigenvalue weighted by molar-refractivity contribution is -0.115. The molecule has 1 saturated carbocycles. The van der Waals surface area contributed by atoms with Gasteiger partial charge in [0.1, 0.15) is 5.75 Å². The summed E-state index contributed by atoms with van der Waals surface area (Å²) in [5, 5.41) is 0. The second-order valence-corrected chi connectivity index (χ2v) is 6.80. The zero-order valence-electron chi connectivity index (χ0n) is 12.8. The van der Waals surface area contributed by atoms with Crippen LogP contribution >= 0.6 is 0 Å². The van der Waals surface area contributed by atoms with Crippen LogP contribution in [0.15, 0.2) is 29.3 Å². The molecule has 3 aliphatic rings. The van der Waals surface area contributed by atoms with E-state index in [1.165, 1.54) is 29.5 Å². The van der Waals surface area contributed by atoms with Crippen molar-refractivity contribution in [1.29, 1.82) is 0 Å². The Balaban J connectivity index is 1.70. The van der Waals surface area contributed by atoms with Crippen LogP contribution in [0.25, 0.3) is 0 Å². The lowest BCUT2D eigenvalue weighted by Gasteiger charge is -2.42. The number of fused-ring (bicyclic) bond motifs is 5. The highest BCUT2D eigenvalue weighted by molar-refractivity contribution is 5.98. The maximum Gasteiger partial charge on any atom is 0.159 e. The highest BCUT2D eigenvalue weighted by Crippen LogP contribution is 2.54. The van der Waals surface area contributed by atoms with Crippen molar-refractivity contribution in [3.63, 3.8) is 0 Å². The SMILES string of the molecule is COc1ccc2c(c1)CC[C@@H]1[C@H]3CC(=O)C(C)=C3CC[C@@H]21. The summed E-state index contributed by atoms with van der Waals surface area (Å²) in [7, 11) is 1.73. The van der Waals surface area contributed by atoms with Crippen molar-refractivity contribution in [2.75, 3.05) is 7.11 Å². The third-order valence-electron chi connectivity index (χ3n) is 6.01. The van der Waals surface area contributed by atoms with E-state index in [0.29, 0.717) is 23.5 Å². The van der Waals surface area contributed by atoms with E-state index in [1.807, 2.05) is 6.92 Å². The van der Waals surface area contributed by atoms with Crippen molar-refractivity contribution in [2.24, 2.45) is 11.8 Å². The molecule has 110 valence electrons. The van der Waals surface area contributed by atoms with Gasteiger partial charge in [-0.3, -0.25) is 4.79 Å². The number of hydrogen-bond acceptors (Lipinski definition) is 2. The predicted molar refractivity (Wildman–Crippen MR) is 82.6 cm³/mol. The summed E-state index contributed by atoms with van der Waals surface area (Å²) < 4.78 is 5.36. The van der Waals surface area contributed by atoms with Gasteiger partial charge in [-0.2, -0.15) is 0 Å². The first-order chi connectivity index (χ1) is 10.2. The molecule has 0 radical (unpaired) electrons. The lowest BCUT2D eigenvalue weighted by atomic mass is 9.62. The van der Waals surface area contributed by atoms with Crippen molar-refractivity contribution in [3.05, 3.63) is 40.5 Å². The minimum absolute atomic E-state index is 0.399. The van der Waals surface area contributed by atoms with E-state index >= 15 is 0 Å². The van der Waals surface area contributed by atoms with Gasteiger partial charge < -0.3 is 4.74 Å². The zero-order chi connectivity index (χ0) is 14.6. The fraction of sp³-hybridized carbons (Fsp3) is 0.526. The predicted octanol–water partition coefficient (Wildman–Crippen LogP) is 4.04. The number of allylic oxidation sites excluding steroid dienone is 2. The van der Waals surface area contributed by atoms with Gasteiger partial charge >= 0.3 is 0 Å². The number of benzene rings is 1. The largest absolute Gasteiger partial charge is 0.497 e. The Hall–Kier alpha value is -1.57. The quantitative estimate of drug-likeness (QED) is 0.777. The van der Waals surface area contributed by atoms with Crippen molar-refractivity contribution < 1.29 is 9.53 Å². The van der Waals surface area contributed by atoms with Gasteiger partial charge in [-0.05, 0) is 79.2 Å². The second kappa shape index (κ2) is 4.72. The van der Waals surface area contributed by atoms with E-state index in [-0.39, 0.29) is 0 Å². The van der Waals surface area contributed by atoms with Crippen LogP contribution in [0.4, 0.5) is 0 Å².